The van der Waals surface area contributed by atoms with Crippen LogP contribution in [0.4, 0.5) is 5.69 Å². The average Bonchev–Trinajstić information content (AvgIpc) is 2.60. The summed E-state index contributed by atoms with van der Waals surface area (Å²) in [4.78, 5) is 38.7. The molecule has 7 heteroatoms. The minimum atomic E-state index is -0.792. The smallest absolute Gasteiger partial charge is 0.337 e. The van der Waals surface area contributed by atoms with Crippen LogP contribution in [0.15, 0.2) is 48.8 Å². The molecule has 1 aromatic carbocycles. The third kappa shape index (κ3) is 4.63. The summed E-state index contributed by atoms with van der Waals surface area (Å²) in [5, 5.41) is 4.94. The van der Waals surface area contributed by atoms with Crippen LogP contribution in [0.5, 0.6) is 0 Å². The van der Waals surface area contributed by atoms with E-state index in [-0.39, 0.29) is 6.54 Å². The first-order valence-corrected chi connectivity index (χ1v) is 6.76. The maximum absolute atomic E-state index is 11.8. The molecule has 0 bridgehead atoms. The van der Waals surface area contributed by atoms with Crippen LogP contribution in [0, 0.1) is 0 Å². The van der Waals surface area contributed by atoms with Crippen LogP contribution in [0.2, 0.25) is 0 Å². The Labute approximate surface area is 132 Å². The quantitative estimate of drug-likeness (QED) is 0.651. The Kier molecular flexibility index (Phi) is 5.40. The number of carbonyl (C=O) groups is 3. The first-order valence-electron chi connectivity index (χ1n) is 6.76. The van der Waals surface area contributed by atoms with Crippen LogP contribution in [-0.4, -0.2) is 29.9 Å². The third-order valence-electron chi connectivity index (χ3n) is 2.95. The van der Waals surface area contributed by atoms with Gasteiger partial charge >= 0.3 is 17.8 Å². The molecule has 7 nitrogen and oxygen atoms in total. The number of methoxy groups -OCH3 is 1. The van der Waals surface area contributed by atoms with E-state index >= 15 is 0 Å². The molecule has 0 aliphatic heterocycles. The van der Waals surface area contributed by atoms with E-state index < -0.39 is 17.8 Å². The van der Waals surface area contributed by atoms with Crippen molar-refractivity contribution in [1.29, 1.82) is 0 Å². The van der Waals surface area contributed by atoms with Crippen LogP contribution in [0.25, 0.3) is 0 Å². The van der Waals surface area contributed by atoms with E-state index in [1.807, 2.05) is 0 Å². The van der Waals surface area contributed by atoms with Gasteiger partial charge in [0.1, 0.15) is 0 Å². The number of pyridine rings is 1. The third-order valence-corrected chi connectivity index (χ3v) is 2.95. The molecule has 1 heterocycles. The highest BCUT2D eigenvalue weighted by Gasteiger charge is 2.13. The Morgan fingerprint density at radius 1 is 1.09 bits per heavy atom. The number of esters is 1. The van der Waals surface area contributed by atoms with Crippen molar-refractivity contribution in [1.82, 2.24) is 10.3 Å². The number of hydrogen-bond acceptors (Lipinski definition) is 5. The number of nitrogens with zero attached hydrogens (tertiary/aromatic N) is 1. The first-order chi connectivity index (χ1) is 11.1. The number of ether oxygens (including phenoxy) is 1. The van der Waals surface area contributed by atoms with Gasteiger partial charge in [0.05, 0.1) is 12.7 Å². The summed E-state index contributed by atoms with van der Waals surface area (Å²) in [7, 11) is 1.28. The fourth-order valence-electron chi connectivity index (χ4n) is 1.76. The number of aromatic nitrogens is 1. The van der Waals surface area contributed by atoms with Crippen molar-refractivity contribution >= 4 is 23.5 Å². The van der Waals surface area contributed by atoms with Gasteiger partial charge < -0.3 is 15.4 Å². The van der Waals surface area contributed by atoms with Crippen molar-refractivity contribution in [2.75, 3.05) is 12.4 Å². The molecule has 2 amide bonds. The molecule has 2 N–H and O–H groups in total. The predicted octanol–water partition coefficient (Wildman–Crippen LogP) is 1.12. The predicted molar refractivity (Wildman–Crippen MR) is 82.5 cm³/mol. The molecule has 0 spiro atoms. The second-order valence-corrected chi connectivity index (χ2v) is 4.57. The van der Waals surface area contributed by atoms with Gasteiger partial charge in [0, 0.05) is 24.6 Å². The molecular formula is C16H15N3O4. The molecule has 0 saturated heterocycles. The zero-order valence-electron chi connectivity index (χ0n) is 12.4. The van der Waals surface area contributed by atoms with E-state index in [1.165, 1.54) is 31.4 Å². The summed E-state index contributed by atoms with van der Waals surface area (Å²) in [5.74, 6) is -2.03. The van der Waals surface area contributed by atoms with Crippen molar-refractivity contribution in [2.45, 2.75) is 6.54 Å². The standard InChI is InChI=1S/C16H15N3O4/c1-23-16(22)12-4-6-13(7-5-12)19-15(21)14(20)18-10-11-3-2-8-17-9-11/h2-9H,10H2,1H3,(H,18,20)(H,19,21). The van der Waals surface area contributed by atoms with Crippen molar-refractivity contribution < 1.29 is 19.1 Å². The lowest BCUT2D eigenvalue weighted by atomic mass is 10.2. The molecule has 0 radical (unpaired) electrons. The summed E-state index contributed by atoms with van der Waals surface area (Å²) in [5.41, 5.74) is 1.54. The molecule has 0 fully saturated rings. The van der Waals surface area contributed by atoms with Gasteiger partial charge in [-0.15, -0.1) is 0 Å². The Hall–Kier alpha value is -3.22. The highest BCUT2D eigenvalue weighted by atomic mass is 16.5. The van der Waals surface area contributed by atoms with Crippen LogP contribution >= 0.6 is 0 Å². The van der Waals surface area contributed by atoms with Gasteiger partial charge in [0.15, 0.2) is 0 Å². The van der Waals surface area contributed by atoms with E-state index in [0.717, 1.165) is 5.56 Å². The van der Waals surface area contributed by atoms with Gasteiger partial charge in [0.2, 0.25) is 0 Å². The number of anilines is 1. The summed E-state index contributed by atoms with van der Waals surface area (Å²) in [6.07, 6.45) is 3.22. The lowest BCUT2D eigenvalue weighted by Gasteiger charge is -2.07. The summed E-state index contributed by atoms with van der Waals surface area (Å²) < 4.78 is 4.57. The average molecular weight is 313 g/mol. The molecule has 2 rings (SSSR count). The van der Waals surface area contributed by atoms with E-state index in [1.54, 1.807) is 24.5 Å². The van der Waals surface area contributed by atoms with Crippen LogP contribution in [0.3, 0.4) is 0 Å². The van der Waals surface area contributed by atoms with Gasteiger partial charge in [-0.1, -0.05) is 6.07 Å². The van der Waals surface area contributed by atoms with Crippen LogP contribution < -0.4 is 10.6 Å². The molecule has 0 aliphatic rings. The van der Waals surface area contributed by atoms with Crippen LogP contribution in [0.1, 0.15) is 15.9 Å². The topological polar surface area (TPSA) is 97.4 Å². The molecule has 0 saturated carbocycles. The van der Waals surface area contributed by atoms with Gasteiger partial charge in [-0.2, -0.15) is 0 Å². The number of carbonyl (C=O) groups excluding carboxylic acids is 3. The molecule has 0 atom stereocenters. The van der Waals surface area contributed by atoms with Gasteiger partial charge in [-0.25, -0.2) is 4.79 Å². The van der Waals surface area contributed by atoms with Gasteiger partial charge in [-0.05, 0) is 35.9 Å². The molecule has 118 valence electrons. The zero-order valence-corrected chi connectivity index (χ0v) is 12.4. The maximum atomic E-state index is 11.8. The minimum Gasteiger partial charge on any atom is -0.465 e. The monoisotopic (exact) mass is 313 g/mol. The van der Waals surface area contributed by atoms with Crippen molar-refractivity contribution in [2.24, 2.45) is 0 Å². The second-order valence-electron chi connectivity index (χ2n) is 4.57. The van der Waals surface area contributed by atoms with E-state index in [2.05, 4.69) is 20.4 Å². The second kappa shape index (κ2) is 7.69. The number of hydrogen-bond donors (Lipinski definition) is 2. The Morgan fingerprint density at radius 2 is 1.83 bits per heavy atom. The van der Waals surface area contributed by atoms with Crippen molar-refractivity contribution in [3.8, 4) is 0 Å². The first kappa shape index (κ1) is 16.2. The molecule has 23 heavy (non-hydrogen) atoms. The SMILES string of the molecule is COC(=O)c1ccc(NC(=O)C(=O)NCc2cccnc2)cc1. The van der Waals surface area contributed by atoms with Gasteiger partial charge in [-0.3, -0.25) is 14.6 Å². The molecule has 0 aliphatic carbocycles. The minimum absolute atomic E-state index is 0.210. The fourth-order valence-corrected chi connectivity index (χ4v) is 1.76. The van der Waals surface area contributed by atoms with Crippen LogP contribution in [-0.2, 0) is 20.9 Å². The molecule has 2 aromatic rings. The van der Waals surface area contributed by atoms with Crippen molar-refractivity contribution in [3.63, 3.8) is 0 Å². The van der Waals surface area contributed by atoms with E-state index in [4.69, 9.17) is 0 Å². The summed E-state index contributed by atoms with van der Waals surface area (Å²) in [6, 6.07) is 9.54. The Bertz CT molecular complexity index is 699. The van der Waals surface area contributed by atoms with E-state index in [9.17, 15) is 14.4 Å². The summed E-state index contributed by atoms with van der Waals surface area (Å²) in [6.45, 7) is 0.210. The lowest BCUT2D eigenvalue weighted by Crippen LogP contribution is -2.34. The van der Waals surface area contributed by atoms with Gasteiger partial charge in [0.25, 0.3) is 0 Å². The fraction of sp³-hybridized carbons (Fsp3) is 0.125. The maximum Gasteiger partial charge on any atom is 0.337 e. The zero-order chi connectivity index (χ0) is 16.7. The lowest BCUT2D eigenvalue weighted by molar-refractivity contribution is -0.136. The normalized spacial score (nSPS) is 9.78. The largest absolute Gasteiger partial charge is 0.465 e. The number of amides is 2. The Balaban J connectivity index is 1.88. The van der Waals surface area contributed by atoms with Crippen molar-refractivity contribution in [3.05, 3.63) is 59.9 Å². The molecule has 1 aromatic heterocycles. The number of nitrogens with one attached hydrogen (secondary N) is 2. The number of rotatable bonds is 4. The highest BCUT2D eigenvalue weighted by Crippen LogP contribution is 2.10. The van der Waals surface area contributed by atoms with E-state index in [0.29, 0.717) is 11.3 Å². The highest BCUT2D eigenvalue weighted by molar-refractivity contribution is 6.39. The Morgan fingerprint density at radius 3 is 2.43 bits per heavy atom. The molecule has 0 unspecified atom stereocenters. The number of benzene rings is 1. The summed E-state index contributed by atoms with van der Waals surface area (Å²) >= 11 is 0. The molecular weight excluding hydrogens is 298 g/mol.